The van der Waals surface area contributed by atoms with Gasteiger partial charge in [0.05, 0.1) is 32.6 Å². The fraction of sp³-hybridized carbons (Fsp3) is 0.700. The first kappa shape index (κ1) is 20.3. The third-order valence-corrected chi connectivity index (χ3v) is 7.64. The maximum Gasteiger partial charge on any atom is 0.329 e. The third-order valence-electron chi connectivity index (χ3n) is 6.68. The predicted octanol–water partition coefficient (Wildman–Crippen LogP) is 0.179. The maximum atomic E-state index is 13.1. The second kappa shape index (κ2) is 8.02. The number of thiazole rings is 1. The van der Waals surface area contributed by atoms with Crippen LogP contribution in [0.15, 0.2) is 5.38 Å². The minimum absolute atomic E-state index is 0.0557. The van der Waals surface area contributed by atoms with E-state index in [-0.39, 0.29) is 23.8 Å². The van der Waals surface area contributed by atoms with Gasteiger partial charge >= 0.3 is 6.03 Å². The molecule has 29 heavy (non-hydrogen) atoms. The van der Waals surface area contributed by atoms with E-state index in [2.05, 4.69) is 17.2 Å². The monoisotopic (exact) mass is 420 g/mol. The summed E-state index contributed by atoms with van der Waals surface area (Å²) < 4.78 is 0. The number of rotatable bonds is 4. The van der Waals surface area contributed by atoms with Gasteiger partial charge in [-0.15, -0.1) is 11.3 Å². The van der Waals surface area contributed by atoms with Gasteiger partial charge in [-0.3, -0.25) is 9.59 Å². The first-order chi connectivity index (χ1) is 13.9. The fourth-order valence-corrected chi connectivity index (χ4v) is 5.58. The van der Waals surface area contributed by atoms with Crippen molar-refractivity contribution in [3.63, 3.8) is 0 Å². The van der Waals surface area contributed by atoms with E-state index < -0.39 is 5.54 Å². The highest BCUT2D eigenvalue weighted by Crippen LogP contribution is 2.37. The molecule has 3 fully saturated rings. The van der Waals surface area contributed by atoms with Crippen molar-refractivity contribution < 1.29 is 19.3 Å². The van der Waals surface area contributed by atoms with Gasteiger partial charge in [-0.1, -0.05) is 19.8 Å². The number of urea groups is 1. The summed E-state index contributed by atoms with van der Waals surface area (Å²) >= 11 is 1.52. The molecule has 1 aromatic rings. The molecule has 3 aliphatic rings. The van der Waals surface area contributed by atoms with Gasteiger partial charge in [0.1, 0.15) is 10.5 Å². The molecule has 0 radical (unpaired) electrons. The zero-order valence-electron chi connectivity index (χ0n) is 17.2. The van der Waals surface area contributed by atoms with Gasteiger partial charge in [0.15, 0.2) is 6.67 Å². The summed E-state index contributed by atoms with van der Waals surface area (Å²) in [6.45, 7) is 7.15. The van der Waals surface area contributed by atoms with Gasteiger partial charge in [0, 0.05) is 11.1 Å². The lowest BCUT2D eigenvalue weighted by Crippen LogP contribution is -3.16. The number of nitrogens with zero attached hydrogens (tertiary/aromatic N) is 3. The molecule has 3 heterocycles. The molecule has 4 rings (SSSR count). The molecule has 1 spiro atoms. The summed E-state index contributed by atoms with van der Waals surface area (Å²) in [4.78, 5) is 47.0. The van der Waals surface area contributed by atoms with E-state index in [0.29, 0.717) is 26.2 Å². The van der Waals surface area contributed by atoms with Gasteiger partial charge in [-0.05, 0) is 25.7 Å². The largest absolute Gasteiger partial charge is 0.331 e. The molecule has 0 aromatic carbocycles. The van der Waals surface area contributed by atoms with Crippen molar-refractivity contribution >= 4 is 29.2 Å². The Morgan fingerprint density at radius 3 is 2.76 bits per heavy atom. The van der Waals surface area contributed by atoms with Crippen molar-refractivity contribution in [2.24, 2.45) is 5.92 Å². The molecule has 158 valence electrons. The number of imide groups is 1. The summed E-state index contributed by atoms with van der Waals surface area (Å²) in [5.74, 6) is 0.222. The molecule has 8 nitrogen and oxygen atoms in total. The molecular weight excluding hydrogens is 390 g/mol. The van der Waals surface area contributed by atoms with Gasteiger partial charge in [-0.25, -0.2) is 14.7 Å². The van der Waals surface area contributed by atoms with E-state index in [1.807, 2.05) is 17.2 Å². The van der Waals surface area contributed by atoms with Gasteiger partial charge in [-0.2, -0.15) is 0 Å². The van der Waals surface area contributed by atoms with Crippen LogP contribution >= 0.6 is 11.3 Å². The lowest BCUT2D eigenvalue weighted by molar-refractivity contribution is -0.911. The van der Waals surface area contributed by atoms with Crippen LogP contribution in [0.4, 0.5) is 4.79 Å². The number of carbonyl (C=O) groups is 3. The highest BCUT2D eigenvalue weighted by Gasteiger charge is 2.55. The summed E-state index contributed by atoms with van der Waals surface area (Å²) in [6, 6.07) is -0.256. The number of hydrogen-bond acceptors (Lipinski definition) is 5. The number of nitrogens with one attached hydrogen (secondary N) is 2. The average molecular weight is 421 g/mol. The number of carbonyl (C=O) groups excluding carboxylic acids is 3. The topological polar surface area (TPSA) is 87.0 Å². The SMILES string of the molecule is Cc1csc(CC(=O)N2CC[NH+](CN3C(=O)N[C@]4(CCCC[C@@H]4C)C3=O)CC2)n1. The van der Waals surface area contributed by atoms with Crippen molar-refractivity contribution in [2.75, 3.05) is 32.8 Å². The molecular formula is C20H30N5O3S+. The van der Waals surface area contributed by atoms with Gasteiger partial charge in [0.2, 0.25) is 5.91 Å². The Hall–Kier alpha value is -2.00. The molecule has 0 bridgehead atoms. The number of aryl methyl sites for hydroxylation is 1. The first-order valence-electron chi connectivity index (χ1n) is 10.6. The Kier molecular flexibility index (Phi) is 5.61. The number of aromatic nitrogens is 1. The molecule has 2 N–H and O–H groups in total. The van der Waals surface area contributed by atoms with Crippen LogP contribution in [0.3, 0.4) is 0 Å². The smallest absolute Gasteiger partial charge is 0.329 e. The highest BCUT2D eigenvalue weighted by atomic mass is 32.1. The second-order valence-corrected chi connectivity index (χ2v) is 9.57. The Morgan fingerprint density at radius 1 is 1.34 bits per heavy atom. The van der Waals surface area contributed by atoms with Gasteiger partial charge in [0.25, 0.3) is 5.91 Å². The van der Waals surface area contributed by atoms with E-state index in [1.54, 1.807) is 0 Å². The predicted molar refractivity (Wildman–Crippen MR) is 108 cm³/mol. The van der Waals surface area contributed by atoms with Crippen LogP contribution in [0.5, 0.6) is 0 Å². The van der Waals surface area contributed by atoms with E-state index >= 15 is 0 Å². The van der Waals surface area contributed by atoms with Crippen molar-refractivity contribution in [2.45, 2.75) is 51.5 Å². The standard InChI is InChI=1S/C20H29N5O3S/c1-14-5-3-4-6-20(14)18(27)25(19(28)22-20)13-23-7-9-24(10-8-23)17(26)11-16-21-15(2)12-29-16/h12,14H,3-11,13H2,1-2H3,(H,22,28)/p+1/t14-,20-/m0/s1. The van der Waals surface area contributed by atoms with Crippen molar-refractivity contribution in [1.82, 2.24) is 20.1 Å². The molecule has 2 aliphatic heterocycles. The molecule has 2 saturated heterocycles. The quantitative estimate of drug-likeness (QED) is 0.681. The maximum absolute atomic E-state index is 13.1. The van der Waals surface area contributed by atoms with E-state index in [0.717, 1.165) is 49.5 Å². The average Bonchev–Trinajstić information content (AvgIpc) is 3.21. The number of quaternary nitrogens is 1. The Balaban J connectivity index is 1.31. The Labute approximate surface area is 175 Å². The Morgan fingerprint density at radius 2 is 2.10 bits per heavy atom. The number of amides is 4. The van der Waals surface area contributed by atoms with Crippen LogP contribution in [0.2, 0.25) is 0 Å². The zero-order valence-corrected chi connectivity index (χ0v) is 18.0. The summed E-state index contributed by atoms with van der Waals surface area (Å²) in [7, 11) is 0. The molecule has 1 aromatic heterocycles. The van der Waals surface area contributed by atoms with Crippen LogP contribution in [-0.4, -0.2) is 71.0 Å². The zero-order chi connectivity index (χ0) is 20.6. The third kappa shape index (κ3) is 3.90. The number of piperazine rings is 1. The van der Waals surface area contributed by atoms with E-state index in [1.165, 1.54) is 21.1 Å². The van der Waals surface area contributed by atoms with Crippen LogP contribution < -0.4 is 10.2 Å². The minimum atomic E-state index is -0.696. The summed E-state index contributed by atoms with van der Waals surface area (Å²) in [5, 5.41) is 5.83. The van der Waals surface area contributed by atoms with Crippen molar-refractivity contribution in [3.05, 3.63) is 16.1 Å². The van der Waals surface area contributed by atoms with Gasteiger partial charge < -0.3 is 15.1 Å². The van der Waals surface area contributed by atoms with Crippen molar-refractivity contribution in [1.29, 1.82) is 0 Å². The first-order valence-corrected chi connectivity index (χ1v) is 11.4. The molecule has 0 unspecified atom stereocenters. The molecule has 4 amide bonds. The van der Waals surface area contributed by atoms with E-state index in [4.69, 9.17) is 0 Å². The lowest BCUT2D eigenvalue weighted by Gasteiger charge is -2.37. The minimum Gasteiger partial charge on any atom is -0.331 e. The molecule has 1 aliphatic carbocycles. The van der Waals surface area contributed by atoms with Crippen LogP contribution in [-0.2, 0) is 16.0 Å². The van der Waals surface area contributed by atoms with Crippen LogP contribution in [0.25, 0.3) is 0 Å². The molecule has 9 heteroatoms. The summed E-state index contributed by atoms with van der Waals surface area (Å²) in [5.41, 5.74) is 0.254. The lowest BCUT2D eigenvalue weighted by atomic mass is 9.73. The van der Waals surface area contributed by atoms with E-state index in [9.17, 15) is 14.4 Å². The molecule has 1 saturated carbocycles. The van der Waals surface area contributed by atoms with Crippen molar-refractivity contribution in [3.8, 4) is 0 Å². The number of hydrogen-bond donors (Lipinski definition) is 2. The Bertz CT molecular complexity index is 804. The normalized spacial score (nSPS) is 28.3. The fourth-order valence-electron chi connectivity index (χ4n) is 4.82. The second-order valence-electron chi connectivity index (χ2n) is 8.63. The summed E-state index contributed by atoms with van der Waals surface area (Å²) in [6.07, 6.45) is 4.17. The highest BCUT2D eigenvalue weighted by molar-refractivity contribution is 7.09. The van der Waals surface area contributed by atoms with Crippen LogP contribution in [0, 0.1) is 12.8 Å². The molecule has 2 atom stereocenters. The van der Waals surface area contributed by atoms with Crippen LogP contribution in [0.1, 0.15) is 43.3 Å².